The van der Waals surface area contributed by atoms with Crippen LogP contribution in [0.15, 0.2) is 48.7 Å². The summed E-state index contributed by atoms with van der Waals surface area (Å²) in [6.45, 7) is 6.06. The first-order valence-electron chi connectivity index (χ1n) is 8.27. The van der Waals surface area contributed by atoms with Crippen molar-refractivity contribution in [2.24, 2.45) is 5.92 Å². The molecule has 0 spiro atoms. The number of rotatable bonds is 7. The van der Waals surface area contributed by atoms with Crippen LogP contribution in [0, 0.1) is 12.8 Å². The van der Waals surface area contributed by atoms with E-state index in [9.17, 15) is 9.59 Å². The topological polar surface area (TPSA) is 59.1 Å². The van der Waals surface area contributed by atoms with E-state index in [1.165, 1.54) is 0 Å². The zero-order chi connectivity index (χ0) is 17.5. The molecule has 1 aromatic carbocycles. The number of carbonyl (C=O) groups is 2. The lowest BCUT2D eigenvalue weighted by Gasteiger charge is -2.21. The zero-order valence-electron chi connectivity index (χ0n) is 14.5. The van der Waals surface area contributed by atoms with Crippen LogP contribution in [0.4, 0.5) is 0 Å². The number of ketones is 1. The molecule has 2 rings (SSSR count). The minimum atomic E-state index is -0.145. The van der Waals surface area contributed by atoms with Crippen molar-refractivity contribution in [3.05, 3.63) is 65.5 Å². The van der Waals surface area contributed by atoms with E-state index in [1.54, 1.807) is 18.3 Å². The van der Waals surface area contributed by atoms with Crippen LogP contribution in [0.3, 0.4) is 0 Å². The first-order chi connectivity index (χ1) is 11.5. The fourth-order valence-electron chi connectivity index (χ4n) is 2.50. The number of aromatic nitrogens is 1. The van der Waals surface area contributed by atoms with Gasteiger partial charge < -0.3 is 5.32 Å². The van der Waals surface area contributed by atoms with E-state index in [-0.39, 0.29) is 36.5 Å². The molecule has 1 amide bonds. The molecule has 0 aliphatic heterocycles. The van der Waals surface area contributed by atoms with Crippen LogP contribution in [0.2, 0.25) is 0 Å². The Morgan fingerprint density at radius 1 is 1.04 bits per heavy atom. The first-order valence-corrected chi connectivity index (χ1v) is 8.27. The highest BCUT2D eigenvalue weighted by Crippen LogP contribution is 2.19. The summed E-state index contributed by atoms with van der Waals surface area (Å²) in [5, 5.41) is 3.00. The molecule has 4 nitrogen and oxygen atoms in total. The lowest BCUT2D eigenvalue weighted by Crippen LogP contribution is -2.32. The predicted molar refractivity (Wildman–Crippen MR) is 94.7 cm³/mol. The minimum Gasteiger partial charge on any atom is -0.347 e. The van der Waals surface area contributed by atoms with Crippen molar-refractivity contribution in [3.63, 3.8) is 0 Å². The van der Waals surface area contributed by atoms with Gasteiger partial charge in [0.15, 0.2) is 5.78 Å². The number of aryl methyl sites for hydroxylation is 1. The molecule has 1 heterocycles. The van der Waals surface area contributed by atoms with Crippen molar-refractivity contribution >= 4 is 11.7 Å². The maximum Gasteiger partial charge on any atom is 0.220 e. The lowest BCUT2D eigenvalue weighted by molar-refractivity contribution is -0.122. The third kappa shape index (κ3) is 5.01. The Bertz CT molecular complexity index is 679. The third-order valence-corrected chi connectivity index (χ3v) is 3.94. The summed E-state index contributed by atoms with van der Waals surface area (Å²) in [5.41, 5.74) is 2.60. The van der Waals surface area contributed by atoms with E-state index in [4.69, 9.17) is 0 Å². The number of benzene rings is 1. The summed E-state index contributed by atoms with van der Waals surface area (Å²) >= 11 is 0. The molecule has 0 aliphatic rings. The van der Waals surface area contributed by atoms with Crippen molar-refractivity contribution in [1.29, 1.82) is 0 Å². The minimum absolute atomic E-state index is 0.0101. The molecule has 24 heavy (non-hydrogen) atoms. The molecule has 2 aromatic rings. The van der Waals surface area contributed by atoms with Crippen LogP contribution in [-0.2, 0) is 4.79 Å². The SMILES string of the molecule is Cc1ccc(C(=O)CCC(=O)NC(c2ccccn2)C(C)C)cc1. The van der Waals surface area contributed by atoms with Crippen LogP contribution in [-0.4, -0.2) is 16.7 Å². The Morgan fingerprint density at radius 3 is 2.33 bits per heavy atom. The Morgan fingerprint density at radius 2 is 1.75 bits per heavy atom. The number of hydrogen-bond acceptors (Lipinski definition) is 3. The highest BCUT2D eigenvalue weighted by atomic mass is 16.2. The highest BCUT2D eigenvalue weighted by molar-refractivity contribution is 5.98. The Balaban J connectivity index is 1.92. The van der Waals surface area contributed by atoms with Crippen LogP contribution in [0.25, 0.3) is 0 Å². The maximum absolute atomic E-state index is 12.2. The molecule has 0 fully saturated rings. The Hall–Kier alpha value is -2.49. The summed E-state index contributed by atoms with van der Waals surface area (Å²) in [5.74, 6) is 0.0838. The molecule has 0 aliphatic carbocycles. The lowest BCUT2D eigenvalue weighted by atomic mass is 9.99. The number of nitrogens with one attached hydrogen (secondary N) is 1. The van der Waals surface area contributed by atoms with Gasteiger partial charge in [0.05, 0.1) is 11.7 Å². The van der Waals surface area contributed by atoms with Gasteiger partial charge in [-0.3, -0.25) is 14.6 Å². The van der Waals surface area contributed by atoms with Gasteiger partial charge in [0.25, 0.3) is 0 Å². The summed E-state index contributed by atoms with van der Waals surface area (Å²) in [7, 11) is 0. The van der Waals surface area contributed by atoms with Crippen molar-refractivity contribution in [1.82, 2.24) is 10.3 Å². The molecule has 0 bridgehead atoms. The van der Waals surface area contributed by atoms with E-state index in [1.807, 2.05) is 51.1 Å². The fraction of sp³-hybridized carbons (Fsp3) is 0.350. The van der Waals surface area contributed by atoms with E-state index in [0.29, 0.717) is 5.56 Å². The van der Waals surface area contributed by atoms with Gasteiger partial charge in [-0.25, -0.2) is 0 Å². The van der Waals surface area contributed by atoms with E-state index in [2.05, 4.69) is 10.3 Å². The molecule has 1 unspecified atom stereocenters. The second-order valence-electron chi connectivity index (χ2n) is 6.33. The van der Waals surface area contributed by atoms with Crippen LogP contribution in [0.5, 0.6) is 0 Å². The van der Waals surface area contributed by atoms with Crippen LogP contribution in [0.1, 0.15) is 54.3 Å². The average molecular weight is 324 g/mol. The van der Waals surface area contributed by atoms with Gasteiger partial charge >= 0.3 is 0 Å². The van der Waals surface area contributed by atoms with Crippen molar-refractivity contribution in [2.45, 2.75) is 39.7 Å². The normalized spacial score (nSPS) is 12.0. The smallest absolute Gasteiger partial charge is 0.220 e. The van der Waals surface area contributed by atoms with Gasteiger partial charge in [-0.05, 0) is 25.0 Å². The Labute approximate surface area is 143 Å². The fourth-order valence-corrected chi connectivity index (χ4v) is 2.50. The average Bonchev–Trinajstić information content (AvgIpc) is 2.58. The number of hydrogen-bond donors (Lipinski definition) is 1. The molecule has 0 radical (unpaired) electrons. The van der Waals surface area contributed by atoms with Gasteiger partial charge in [0, 0.05) is 24.6 Å². The summed E-state index contributed by atoms with van der Waals surface area (Å²) in [6.07, 6.45) is 2.11. The standard InChI is InChI=1S/C20H24N2O2/c1-14(2)20(17-6-4-5-13-21-17)22-19(24)12-11-18(23)16-9-7-15(3)8-10-16/h4-10,13-14,20H,11-12H2,1-3H3,(H,22,24). The summed E-state index contributed by atoms with van der Waals surface area (Å²) < 4.78 is 0. The van der Waals surface area contributed by atoms with E-state index < -0.39 is 0 Å². The summed E-state index contributed by atoms with van der Waals surface area (Å²) in [4.78, 5) is 28.7. The largest absolute Gasteiger partial charge is 0.347 e. The van der Waals surface area contributed by atoms with Crippen molar-refractivity contribution in [3.8, 4) is 0 Å². The molecule has 1 aromatic heterocycles. The second kappa shape index (κ2) is 8.39. The predicted octanol–water partition coefficient (Wildman–Crippen LogP) is 3.87. The molecule has 1 N–H and O–H groups in total. The van der Waals surface area contributed by atoms with E-state index >= 15 is 0 Å². The number of nitrogens with zero attached hydrogens (tertiary/aromatic N) is 1. The number of pyridine rings is 1. The molecular weight excluding hydrogens is 300 g/mol. The van der Waals surface area contributed by atoms with Crippen LogP contribution >= 0.6 is 0 Å². The van der Waals surface area contributed by atoms with Gasteiger partial charge in [0.1, 0.15) is 0 Å². The van der Waals surface area contributed by atoms with Gasteiger partial charge in [0.2, 0.25) is 5.91 Å². The monoisotopic (exact) mass is 324 g/mol. The summed E-state index contributed by atoms with van der Waals surface area (Å²) in [6, 6.07) is 12.9. The number of Topliss-reactive ketones (excluding diaryl/α,β-unsaturated/α-hetero) is 1. The zero-order valence-corrected chi connectivity index (χ0v) is 14.5. The molecular formula is C20H24N2O2. The molecule has 126 valence electrons. The van der Waals surface area contributed by atoms with Crippen molar-refractivity contribution in [2.75, 3.05) is 0 Å². The van der Waals surface area contributed by atoms with Gasteiger partial charge in [-0.15, -0.1) is 0 Å². The van der Waals surface area contributed by atoms with Gasteiger partial charge in [-0.1, -0.05) is 49.7 Å². The molecule has 4 heteroatoms. The molecule has 0 saturated heterocycles. The van der Waals surface area contributed by atoms with Crippen LogP contribution < -0.4 is 5.32 Å². The first kappa shape index (κ1) is 17.9. The van der Waals surface area contributed by atoms with E-state index in [0.717, 1.165) is 11.3 Å². The number of carbonyl (C=O) groups excluding carboxylic acids is 2. The quantitative estimate of drug-likeness (QED) is 0.787. The molecule has 0 saturated carbocycles. The molecule has 1 atom stereocenters. The number of amides is 1. The van der Waals surface area contributed by atoms with Gasteiger partial charge in [-0.2, -0.15) is 0 Å². The third-order valence-electron chi connectivity index (χ3n) is 3.94. The highest BCUT2D eigenvalue weighted by Gasteiger charge is 2.19. The Kier molecular flexibility index (Phi) is 6.24. The second-order valence-corrected chi connectivity index (χ2v) is 6.33. The maximum atomic E-state index is 12.2. The van der Waals surface area contributed by atoms with Crippen molar-refractivity contribution < 1.29 is 9.59 Å².